The molecule has 0 saturated heterocycles. The zero-order valence-electron chi connectivity index (χ0n) is 10.0. The second-order valence-corrected chi connectivity index (χ2v) is 3.99. The average molecular weight is 217 g/mol. The molecule has 1 N–H and O–H groups in total. The SMILES string of the molecule is CCN(CC)CCc1n[nH]c2ccccc12. The van der Waals surface area contributed by atoms with Gasteiger partial charge >= 0.3 is 0 Å². The van der Waals surface area contributed by atoms with Crippen LogP contribution in [0.4, 0.5) is 0 Å². The highest BCUT2D eigenvalue weighted by Gasteiger charge is 2.06. The van der Waals surface area contributed by atoms with E-state index in [4.69, 9.17) is 0 Å². The molecule has 2 aromatic rings. The van der Waals surface area contributed by atoms with E-state index < -0.39 is 0 Å². The van der Waals surface area contributed by atoms with Gasteiger partial charge in [0.15, 0.2) is 0 Å². The van der Waals surface area contributed by atoms with Crippen LogP contribution in [0, 0.1) is 0 Å². The van der Waals surface area contributed by atoms with Crippen molar-refractivity contribution in [2.75, 3.05) is 19.6 Å². The molecule has 3 nitrogen and oxygen atoms in total. The molecule has 0 spiro atoms. The van der Waals surface area contributed by atoms with Crippen molar-refractivity contribution in [2.24, 2.45) is 0 Å². The first kappa shape index (κ1) is 11.1. The van der Waals surface area contributed by atoms with Gasteiger partial charge in [-0.25, -0.2) is 0 Å². The van der Waals surface area contributed by atoms with Gasteiger partial charge in [-0.05, 0) is 19.2 Å². The molecule has 0 aliphatic heterocycles. The average Bonchev–Trinajstić information content (AvgIpc) is 2.74. The molecular weight excluding hydrogens is 198 g/mol. The number of aromatic amines is 1. The van der Waals surface area contributed by atoms with E-state index in [1.54, 1.807) is 0 Å². The third-order valence-corrected chi connectivity index (χ3v) is 3.11. The van der Waals surface area contributed by atoms with Gasteiger partial charge in [0, 0.05) is 18.4 Å². The van der Waals surface area contributed by atoms with Gasteiger partial charge in [0.25, 0.3) is 0 Å². The van der Waals surface area contributed by atoms with Crippen LogP contribution in [0.25, 0.3) is 10.9 Å². The summed E-state index contributed by atoms with van der Waals surface area (Å²) in [5.74, 6) is 0. The van der Waals surface area contributed by atoms with Crippen molar-refractivity contribution >= 4 is 10.9 Å². The van der Waals surface area contributed by atoms with Crippen LogP contribution in [0.2, 0.25) is 0 Å². The van der Waals surface area contributed by atoms with E-state index in [1.165, 1.54) is 11.1 Å². The monoisotopic (exact) mass is 217 g/mol. The maximum absolute atomic E-state index is 4.38. The molecule has 86 valence electrons. The van der Waals surface area contributed by atoms with Crippen LogP contribution in [0.15, 0.2) is 24.3 Å². The van der Waals surface area contributed by atoms with Crippen LogP contribution < -0.4 is 0 Å². The maximum Gasteiger partial charge on any atom is 0.0713 e. The molecule has 0 fully saturated rings. The van der Waals surface area contributed by atoms with Gasteiger partial charge in [0.1, 0.15) is 0 Å². The molecule has 0 amide bonds. The Kier molecular flexibility index (Phi) is 3.57. The van der Waals surface area contributed by atoms with Gasteiger partial charge in [-0.1, -0.05) is 32.0 Å². The summed E-state index contributed by atoms with van der Waals surface area (Å²) in [4.78, 5) is 2.42. The third kappa shape index (κ3) is 2.25. The van der Waals surface area contributed by atoms with Gasteiger partial charge in [0.05, 0.1) is 11.2 Å². The number of rotatable bonds is 5. The molecule has 0 radical (unpaired) electrons. The Hall–Kier alpha value is -1.35. The minimum atomic E-state index is 1.02. The van der Waals surface area contributed by atoms with Crippen molar-refractivity contribution in [2.45, 2.75) is 20.3 Å². The van der Waals surface area contributed by atoms with Gasteiger partial charge in [-0.2, -0.15) is 5.10 Å². The molecule has 0 saturated carbocycles. The Balaban J connectivity index is 2.09. The number of aromatic nitrogens is 2. The van der Waals surface area contributed by atoms with Gasteiger partial charge in [-0.15, -0.1) is 0 Å². The summed E-state index contributed by atoms with van der Waals surface area (Å²) in [5.41, 5.74) is 2.32. The lowest BCUT2D eigenvalue weighted by Crippen LogP contribution is -2.25. The molecule has 1 aromatic carbocycles. The third-order valence-electron chi connectivity index (χ3n) is 3.11. The van der Waals surface area contributed by atoms with E-state index in [2.05, 4.69) is 47.1 Å². The van der Waals surface area contributed by atoms with E-state index in [9.17, 15) is 0 Å². The largest absolute Gasteiger partial charge is 0.303 e. The molecular formula is C13H19N3. The Morgan fingerprint density at radius 2 is 1.94 bits per heavy atom. The van der Waals surface area contributed by atoms with Crippen LogP contribution in [-0.4, -0.2) is 34.7 Å². The molecule has 3 heteroatoms. The smallest absolute Gasteiger partial charge is 0.0713 e. The lowest BCUT2D eigenvalue weighted by Gasteiger charge is -2.16. The summed E-state index contributed by atoms with van der Waals surface area (Å²) in [6, 6.07) is 8.31. The van der Waals surface area contributed by atoms with Crippen LogP contribution in [0.3, 0.4) is 0 Å². The fourth-order valence-corrected chi connectivity index (χ4v) is 2.01. The second kappa shape index (κ2) is 5.12. The standard InChI is InChI=1S/C13H19N3/c1-3-16(4-2)10-9-13-11-7-5-6-8-12(11)14-15-13/h5-8H,3-4,9-10H2,1-2H3,(H,14,15). The number of H-pyrrole nitrogens is 1. The number of likely N-dealkylation sites (N-methyl/N-ethyl adjacent to an activating group) is 1. The van der Waals surface area contributed by atoms with Crippen LogP contribution in [0.1, 0.15) is 19.5 Å². The van der Waals surface area contributed by atoms with Gasteiger partial charge < -0.3 is 4.90 Å². The zero-order valence-corrected chi connectivity index (χ0v) is 10.0. The molecule has 0 aliphatic carbocycles. The highest BCUT2D eigenvalue weighted by Crippen LogP contribution is 2.15. The number of para-hydroxylation sites is 1. The summed E-state index contributed by atoms with van der Waals surface area (Å²) in [6.45, 7) is 7.71. The van der Waals surface area contributed by atoms with E-state index in [1.807, 2.05) is 6.07 Å². The fraction of sp³-hybridized carbons (Fsp3) is 0.462. The first-order valence-electron chi connectivity index (χ1n) is 5.99. The van der Waals surface area contributed by atoms with Crippen LogP contribution >= 0.6 is 0 Å². The number of hydrogen-bond acceptors (Lipinski definition) is 2. The lowest BCUT2D eigenvalue weighted by atomic mass is 10.1. The quantitative estimate of drug-likeness (QED) is 0.834. The topological polar surface area (TPSA) is 31.9 Å². The predicted octanol–water partition coefficient (Wildman–Crippen LogP) is 2.45. The molecule has 16 heavy (non-hydrogen) atoms. The lowest BCUT2D eigenvalue weighted by molar-refractivity contribution is 0.307. The number of hydrogen-bond donors (Lipinski definition) is 1. The fourth-order valence-electron chi connectivity index (χ4n) is 2.01. The Bertz CT molecular complexity index is 443. The van der Waals surface area contributed by atoms with Crippen LogP contribution in [-0.2, 0) is 6.42 Å². The van der Waals surface area contributed by atoms with Crippen molar-refractivity contribution in [3.05, 3.63) is 30.0 Å². The highest BCUT2D eigenvalue weighted by molar-refractivity contribution is 5.81. The first-order chi connectivity index (χ1) is 7.85. The number of benzene rings is 1. The minimum absolute atomic E-state index is 1.02. The molecule has 1 aromatic heterocycles. The van der Waals surface area contributed by atoms with Crippen molar-refractivity contribution < 1.29 is 0 Å². The van der Waals surface area contributed by atoms with Gasteiger partial charge in [0.2, 0.25) is 0 Å². The summed E-state index contributed by atoms with van der Waals surface area (Å²) >= 11 is 0. The van der Waals surface area contributed by atoms with E-state index in [-0.39, 0.29) is 0 Å². The van der Waals surface area contributed by atoms with Crippen molar-refractivity contribution in [1.82, 2.24) is 15.1 Å². The summed E-state index contributed by atoms with van der Waals surface area (Å²) in [7, 11) is 0. The number of nitrogens with zero attached hydrogens (tertiary/aromatic N) is 2. The molecule has 1 heterocycles. The summed E-state index contributed by atoms with van der Waals surface area (Å²) in [6.07, 6.45) is 1.02. The van der Waals surface area contributed by atoms with E-state index >= 15 is 0 Å². The normalized spacial score (nSPS) is 11.4. The maximum atomic E-state index is 4.38. The van der Waals surface area contributed by atoms with E-state index in [0.29, 0.717) is 0 Å². The summed E-state index contributed by atoms with van der Waals surface area (Å²) < 4.78 is 0. The second-order valence-electron chi connectivity index (χ2n) is 3.99. The molecule has 0 atom stereocenters. The Morgan fingerprint density at radius 3 is 2.69 bits per heavy atom. The van der Waals surface area contributed by atoms with Crippen molar-refractivity contribution in [3.8, 4) is 0 Å². The molecule has 0 aliphatic rings. The molecule has 0 unspecified atom stereocenters. The Morgan fingerprint density at radius 1 is 1.19 bits per heavy atom. The Labute approximate surface area is 96.5 Å². The van der Waals surface area contributed by atoms with Gasteiger partial charge in [-0.3, -0.25) is 5.10 Å². The number of nitrogens with one attached hydrogen (secondary N) is 1. The van der Waals surface area contributed by atoms with Crippen molar-refractivity contribution in [1.29, 1.82) is 0 Å². The van der Waals surface area contributed by atoms with Crippen LogP contribution in [0.5, 0.6) is 0 Å². The summed E-state index contributed by atoms with van der Waals surface area (Å²) in [5, 5.41) is 8.72. The predicted molar refractivity (Wildman–Crippen MR) is 67.6 cm³/mol. The molecule has 0 bridgehead atoms. The zero-order chi connectivity index (χ0) is 11.4. The van der Waals surface area contributed by atoms with Crippen molar-refractivity contribution in [3.63, 3.8) is 0 Å². The highest BCUT2D eigenvalue weighted by atomic mass is 15.1. The first-order valence-corrected chi connectivity index (χ1v) is 5.99. The minimum Gasteiger partial charge on any atom is -0.303 e. The molecule has 2 rings (SSSR count). The van der Waals surface area contributed by atoms with E-state index in [0.717, 1.165) is 31.6 Å². The number of fused-ring (bicyclic) bond motifs is 1.